The van der Waals surface area contributed by atoms with Crippen molar-refractivity contribution in [2.75, 3.05) is 0 Å². The van der Waals surface area contributed by atoms with Gasteiger partial charge in [0.05, 0.1) is 6.20 Å². The summed E-state index contributed by atoms with van der Waals surface area (Å²) in [5.74, 6) is -1.52. The van der Waals surface area contributed by atoms with Gasteiger partial charge in [-0.2, -0.15) is 0 Å². The molecule has 2 rings (SSSR count). The molecule has 19 heavy (non-hydrogen) atoms. The van der Waals surface area contributed by atoms with Gasteiger partial charge in [0.2, 0.25) is 0 Å². The van der Waals surface area contributed by atoms with Crippen LogP contribution in [0.2, 0.25) is 0 Å². The highest BCUT2D eigenvalue weighted by Gasteiger charge is 2.12. The summed E-state index contributed by atoms with van der Waals surface area (Å²) >= 11 is 0. The second-order valence-electron chi connectivity index (χ2n) is 3.52. The van der Waals surface area contributed by atoms with Crippen molar-refractivity contribution >= 4 is 11.9 Å². The molecule has 96 valence electrons. The number of hydrogen-bond donors (Lipinski definition) is 2. The maximum absolute atomic E-state index is 11.0. The second kappa shape index (κ2) is 5.13. The van der Waals surface area contributed by atoms with Gasteiger partial charge in [-0.15, -0.1) is 0 Å². The Morgan fingerprint density at radius 3 is 2.74 bits per heavy atom. The lowest BCUT2D eigenvalue weighted by Crippen LogP contribution is -2.12. The molecule has 7 heteroatoms. The van der Waals surface area contributed by atoms with Gasteiger partial charge < -0.3 is 15.6 Å². The van der Waals surface area contributed by atoms with Crippen LogP contribution in [-0.4, -0.2) is 27.0 Å². The topological polar surface area (TPSA) is 115 Å². The number of hydrogen-bond acceptors (Lipinski definition) is 5. The first-order valence-corrected chi connectivity index (χ1v) is 5.19. The number of nitrogens with zero attached hydrogens (tertiary/aromatic N) is 2. The maximum Gasteiger partial charge on any atom is 0.339 e. The molecule has 2 aromatic rings. The predicted octanol–water partition coefficient (Wildman–Crippen LogP) is 1.07. The highest BCUT2D eigenvalue weighted by atomic mass is 16.5. The molecule has 0 saturated carbocycles. The van der Waals surface area contributed by atoms with E-state index in [9.17, 15) is 9.59 Å². The van der Waals surface area contributed by atoms with Crippen LogP contribution >= 0.6 is 0 Å². The first-order valence-electron chi connectivity index (χ1n) is 5.19. The van der Waals surface area contributed by atoms with Gasteiger partial charge >= 0.3 is 5.97 Å². The van der Waals surface area contributed by atoms with Crippen molar-refractivity contribution in [2.45, 2.75) is 0 Å². The fraction of sp³-hybridized carbons (Fsp3) is 0. The summed E-state index contributed by atoms with van der Waals surface area (Å²) in [4.78, 5) is 29.5. The van der Waals surface area contributed by atoms with Gasteiger partial charge in [-0.25, -0.2) is 4.79 Å². The largest absolute Gasteiger partial charge is 0.478 e. The molecule has 3 N–H and O–H groups in total. The van der Waals surface area contributed by atoms with Crippen LogP contribution in [-0.2, 0) is 0 Å². The molecule has 0 bridgehead atoms. The number of aromatic carboxylic acids is 1. The van der Waals surface area contributed by atoms with Crippen LogP contribution in [0, 0.1) is 0 Å². The fourth-order valence-electron chi connectivity index (χ4n) is 1.37. The fourth-order valence-corrected chi connectivity index (χ4v) is 1.37. The third-order valence-corrected chi connectivity index (χ3v) is 2.23. The lowest BCUT2D eigenvalue weighted by atomic mass is 10.2. The van der Waals surface area contributed by atoms with Crippen molar-refractivity contribution in [3.63, 3.8) is 0 Å². The molecule has 7 nitrogen and oxygen atoms in total. The third-order valence-electron chi connectivity index (χ3n) is 2.23. The first kappa shape index (κ1) is 12.5. The molecule has 0 aromatic carbocycles. The van der Waals surface area contributed by atoms with Crippen molar-refractivity contribution in [3.8, 4) is 11.5 Å². The van der Waals surface area contributed by atoms with E-state index in [4.69, 9.17) is 15.6 Å². The van der Waals surface area contributed by atoms with Gasteiger partial charge in [-0.05, 0) is 12.1 Å². The predicted molar refractivity (Wildman–Crippen MR) is 64.0 cm³/mol. The summed E-state index contributed by atoms with van der Waals surface area (Å²) in [6, 6.07) is 4.11. The van der Waals surface area contributed by atoms with E-state index < -0.39 is 11.9 Å². The highest BCUT2D eigenvalue weighted by molar-refractivity contribution is 5.91. The zero-order valence-electron chi connectivity index (χ0n) is 9.61. The number of amides is 1. The summed E-state index contributed by atoms with van der Waals surface area (Å²) in [7, 11) is 0. The number of pyridine rings is 2. The van der Waals surface area contributed by atoms with E-state index in [2.05, 4.69) is 9.97 Å². The lowest BCUT2D eigenvalue weighted by molar-refractivity contribution is 0.0693. The zero-order chi connectivity index (χ0) is 13.8. The van der Waals surface area contributed by atoms with Crippen LogP contribution in [0.25, 0.3) is 0 Å². The van der Waals surface area contributed by atoms with Crippen LogP contribution < -0.4 is 10.5 Å². The van der Waals surface area contributed by atoms with E-state index >= 15 is 0 Å². The molecular formula is C12H9N3O4. The zero-order valence-corrected chi connectivity index (χ0v) is 9.61. The number of carboxylic acid groups (broad SMARTS) is 1. The van der Waals surface area contributed by atoms with Crippen molar-refractivity contribution < 1.29 is 19.4 Å². The Bertz CT molecular complexity index is 642. The van der Waals surface area contributed by atoms with Crippen molar-refractivity contribution in [3.05, 3.63) is 48.0 Å². The van der Waals surface area contributed by atoms with Gasteiger partial charge in [-0.1, -0.05) is 0 Å². The van der Waals surface area contributed by atoms with Gasteiger partial charge in [0.15, 0.2) is 5.75 Å². The average Bonchev–Trinajstić information content (AvgIpc) is 2.39. The SMILES string of the molecule is NC(=O)c1cc(Oc2cnccc2C(=O)O)ccn1. The van der Waals surface area contributed by atoms with E-state index in [0.29, 0.717) is 0 Å². The van der Waals surface area contributed by atoms with E-state index in [1.54, 1.807) is 0 Å². The number of carbonyl (C=O) groups is 2. The standard InChI is InChI=1S/C12H9N3O4/c13-11(16)9-5-7(1-4-15-9)19-10-6-14-3-2-8(10)12(17)18/h1-6H,(H2,13,16)(H,17,18). The van der Waals surface area contributed by atoms with Crippen LogP contribution in [0.1, 0.15) is 20.8 Å². The molecule has 0 aliphatic heterocycles. The van der Waals surface area contributed by atoms with Gasteiger partial charge in [0.25, 0.3) is 5.91 Å². The molecule has 0 fully saturated rings. The Labute approximate surface area is 107 Å². The molecule has 2 heterocycles. The van der Waals surface area contributed by atoms with E-state index in [1.165, 1.54) is 36.8 Å². The minimum absolute atomic E-state index is 0.0262. The molecule has 0 aliphatic rings. The molecule has 0 unspecified atom stereocenters. The Hall–Kier alpha value is -2.96. The quantitative estimate of drug-likeness (QED) is 0.848. The monoisotopic (exact) mass is 259 g/mol. The van der Waals surface area contributed by atoms with Gasteiger partial charge in [0.1, 0.15) is 17.0 Å². The van der Waals surface area contributed by atoms with Crippen LogP contribution in [0.15, 0.2) is 36.8 Å². The Morgan fingerprint density at radius 1 is 1.26 bits per heavy atom. The number of aromatic nitrogens is 2. The Balaban J connectivity index is 2.34. The Morgan fingerprint density at radius 2 is 2.05 bits per heavy atom. The third kappa shape index (κ3) is 2.83. The van der Waals surface area contributed by atoms with Crippen molar-refractivity contribution in [1.82, 2.24) is 9.97 Å². The van der Waals surface area contributed by atoms with Gasteiger partial charge in [0, 0.05) is 18.5 Å². The maximum atomic E-state index is 11.0. The molecule has 1 amide bonds. The second-order valence-corrected chi connectivity index (χ2v) is 3.52. The molecule has 0 radical (unpaired) electrons. The summed E-state index contributed by atoms with van der Waals surface area (Å²) in [6.07, 6.45) is 3.96. The number of rotatable bonds is 4. The lowest BCUT2D eigenvalue weighted by Gasteiger charge is -2.08. The van der Waals surface area contributed by atoms with E-state index in [0.717, 1.165) is 0 Å². The normalized spacial score (nSPS) is 9.89. The van der Waals surface area contributed by atoms with Gasteiger partial charge in [-0.3, -0.25) is 14.8 Å². The smallest absolute Gasteiger partial charge is 0.339 e. The highest BCUT2D eigenvalue weighted by Crippen LogP contribution is 2.24. The van der Waals surface area contributed by atoms with Crippen LogP contribution in [0.5, 0.6) is 11.5 Å². The number of carbonyl (C=O) groups excluding carboxylic acids is 1. The molecule has 0 spiro atoms. The van der Waals surface area contributed by atoms with Crippen LogP contribution in [0.3, 0.4) is 0 Å². The minimum Gasteiger partial charge on any atom is -0.478 e. The van der Waals surface area contributed by atoms with Crippen molar-refractivity contribution in [2.24, 2.45) is 5.73 Å². The minimum atomic E-state index is -1.14. The first-order chi connectivity index (χ1) is 9.08. The van der Waals surface area contributed by atoms with Crippen LogP contribution in [0.4, 0.5) is 0 Å². The molecule has 0 saturated heterocycles. The number of nitrogens with two attached hydrogens (primary N) is 1. The molecule has 2 aromatic heterocycles. The summed E-state index contributed by atoms with van der Waals surface area (Å²) in [5, 5.41) is 8.99. The number of ether oxygens (including phenoxy) is 1. The van der Waals surface area contributed by atoms with Crippen molar-refractivity contribution in [1.29, 1.82) is 0 Å². The average molecular weight is 259 g/mol. The summed E-state index contributed by atoms with van der Waals surface area (Å²) in [5.41, 5.74) is 5.08. The molecule has 0 aliphatic carbocycles. The number of carboxylic acids is 1. The van der Waals surface area contributed by atoms with E-state index in [-0.39, 0.29) is 22.8 Å². The Kier molecular flexibility index (Phi) is 3.37. The molecular weight excluding hydrogens is 250 g/mol. The summed E-state index contributed by atoms with van der Waals surface area (Å²) < 4.78 is 5.37. The summed E-state index contributed by atoms with van der Waals surface area (Å²) in [6.45, 7) is 0. The van der Waals surface area contributed by atoms with E-state index in [1.807, 2.05) is 0 Å². The molecule has 0 atom stereocenters. The number of primary amides is 1.